The van der Waals surface area contributed by atoms with Gasteiger partial charge in [0.05, 0.1) is 20.8 Å². The number of aliphatic hydroxyl groups is 1. The number of benzene rings is 1. The summed E-state index contributed by atoms with van der Waals surface area (Å²) < 4.78 is 10.6. The molecule has 1 aromatic heterocycles. The van der Waals surface area contributed by atoms with E-state index >= 15 is 0 Å². The number of rotatable bonds is 6. The molecule has 0 amide bonds. The summed E-state index contributed by atoms with van der Waals surface area (Å²) in [7, 11) is 3.22. The molecule has 0 spiro atoms. The summed E-state index contributed by atoms with van der Waals surface area (Å²) in [4.78, 5) is 4.13. The maximum Gasteiger partial charge on any atom is 0.161 e. The molecule has 1 N–H and O–H groups in total. The van der Waals surface area contributed by atoms with Crippen LogP contribution in [0.25, 0.3) is 0 Å². The Morgan fingerprint density at radius 2 is 1.90 bits per heavy atom. The molecule has 0 saturated carbocycles. The standard InChI is InChI=1S/C17H21NO3/c1-17(12-19,10-13-5-4-8-18-11-13)14-6-7-15(20-2)16(9-14)21-3/h4-9,11,19H,10,12H2,1-3H3. The van der Waals surface area contributed by atoms with Gasteiger partial charge in [0.2, 0.25) is 0 Å². The summed E-state index contributed by atoms with van der Waals surface area (Å²) in [5, 5.41) is 9.90. The molecule has 0 aliphatic heterocycles. The summed E-state index contributed by atoms with van der Waals surface area (Å²) >= 11 is 0. The molecule has 1 atom stereocenters. The Balaban J connectivity index is 2.35. The number of ether oxygens (including phenoxy) is 2. The van der Waals surface area contributed by atoms with Crippen LogP contribution in [0.3, 0.4) is 0 Å². The maximum absolute atomic E-state index is 9.90. The number of hydrogen-bond donors (Lipinski definition) is 1. The lowest BCUT2D eigenvalue weighted by Gasteiger charge is -2.28. The Morgan fingerprint density at radius 3 is 2.48 bits per heavy atom. The lowest BCUT2D eigenvalue weighted by atomic mass is 9.78. The topological polar surface area (TPSA) is 51.6 Å². The van der Waals surface area contributed by atoms with Gasteiger partial charge in [-0.2, -0.15) is 0 Å². The van der Waals surface area contributed by atoms with Gasteiger partial charge < -0.3 is 14.6 Å². The molecule has 0 fully saturated rings. The second-order valence-corrected chi connectivity index (χ2v) is 5.33. The van der Waals surface area contributed by atoms with Crippen LogP contribution in [0.2, 0.25) is 0 Å². The van der Waals surface area contributed by atoms with Crippen molar-refractivity contribution in [1.29, 1.82) is 0 Å². The summed E-state index contributed by atoms with van der Waals surface area (Å²) in [5.41, 5.74) is 1.69. The number of aliphatic hydroxyl groups excluding tert-OH is 1. The Morgan fingerprint density at radius 1 is 1.14 bits per heavy atom. The van der Waals surface area contributed by atoms with Crippen LogP contribution in [-0.2, 0) is 11.8 Å². The number of methoxy groups -OCH3 is 2. The zero-order chi connectivity index (χ0) is 15.3. The first-order valence-corrected chi connectivity index (χ1v) is 6.85. The van der Waals surface area contributed by atoms with Crippen molar-refractivity contribution in [3.05, 3.63) is 53.9 Å². The average Bonchev–Trinajstić information content (AvgIpc) is 2.54. The lowest BCUT2D eigenvalue weighted by Crippen LogP contribution is -2.29. The Labute approximate surface area is 125 Å². The van der Waals surface area contributed by atoms with Gasteiger partial charge in [0.1, 0.15) is 0 Å². The molecule has 2 rings (SSSR count). The second kappa shape index (κ2) is 6.59. The third-order valence-corrected chi connectivity index (χ3v) is 3.75. The van der Waals surface area contributed by atoms with Gasteiger partial charge in [-0.1, -0.05) is 19.1 Å². The Bertz CT molecular complexity index is 586. The quantitative estimate of drug-likeness (QED) is 0.887. The van der Waals surface area contributed by atoms with E-state index in [0.29, 0.717) is 17.9 Å². The molecular weight excluding hydrogens is 266 g/mol. The fourth-order valence-corrected chi connectivity index (χ4v) is 2.41. The highest BCUT2D eigenvalue weighted by atomic mass is 16.5. The Kier molecular flexibility index (Phi) is 4.81. The average molecular weight is 287 g/mol. The first-order valence-electron chi connectivity index (χ1n) is 6.85. The number of hydrogen-bond acceptors (Lipinski definition) is 4. The van der Waals surface area contributed by atoms with Crippen molar-refractivity contribution >= 4 is 0 Å². The van der Waals surface area contributed by atoms with Crippen LogP contribution in [0.4, 0.5) is 0 Å². The van der Waals surface area contributed by atoms with Crippen molar-refractivity contribution in [3.8, 4) is 11.5 Å². The van der Waals surface area contributed by atoms with Crippen LogP contribution < -0.4 is 9.47 Å². The summed E-state index contributed by atoms with van der Waals surface area (Å²) in [5.74, 6) is 1.35. The van der Waals surface area contributed by atoms with Crippen LogP contribution in [-0.4, -0.2) is 30.9 Å². The van der Waals surface area contributed by atoms with E-state index in [1.165, 1.54) is 0 Å². The first-order chi connectivity index (χ1) is 10.1. The number of pyridine rings is 1. The smallest absolute Gasteiger partial charge is 0.161 e. The van der Waals surface area contributed by atoms with Crippen LogP contribution in [0.5, 0.6) is 11.5 Å². The summed E-state index contributed by atoms with van der Waals surface area (Å²) in [6.45, 7) is 2.07. The number of nitrogens with zero attached hydrogens (tertiary/aromatic N) is 1. The van der Waals surface area contributed by atoms with Gasteiger partial charge >= 0.3 is 0 Å². The van der Waals surface area contributed by atoms with Crippen molar-refractivity contribution in [2.24, 2.45) is 0 Å². The van der Waals surface area contributed by atoms with Gasteiger partial charge in [0.25, 0.3) is 0 Å². The van der Waals surface area contributed by atoms with E-state index in [2.05, 4.69) is 4.98 Å². The van der Waals surface area contributed by atoms with E-state index in [1.54, 1.807) is 20.4 Å². The van der Waals surface area contributed by atoms with Gasteiger partial charge in [0.15, 0.2) is 11.5 Å². The van der Waals surface area contributed by atoms with Gasteiger partial charge in [-0.25, -0.2) is 0 Å². The molecule has 0 saturated heterocycles. The molecule has 4 nitrogen and oxygen atoms in total. The van der Waals surface area contributed by atoms with Crippen LogP contribution in [0.1, 0.15) is 18.1 Å². The third-order valence-electron chi connectivity index (χ3n) is 3.75. The van der Waals surface area contributed by atoms with Crippen molar-refractivity contribution in [2.45, 2.75) is 18.8 Å². The molecule has 1 aromatic carbocycles. The van der Waals surface area contributed by atoms with Crippen molar-refractivity contribution < 1.29 is 14.6 Å². The number of aromatic nitrogens is 1. The van der Waals surface area contributed by atoms with Crippen LogP contribution >= 0.6 is 0 Å². The highest BCUT2D eigenvalue weighted by Gasteiger charge is 2.27. The van der Waals surface area contributed by atoms with E-state index in [0.717, 1.165) is 11.1 Å². The van der Waals surface area contributed by atoms with Crippen LogP contribution in [0.15, 0.2) is 42.7 Å². The first kappa shape index (κ1) is 15.3. The predicted octanol–water partition coefficient (Wildman–Crippen LogP) is 2.59. The van der Waals surface area contributed by atoms with Gasteiger partial charge in [-0.15, -0.1) is 0 Å². The van der Waals surface area contributed by atoms with E-state index in [1.807, 2.05) is 43.5 Å². The molecule has 0 aliphatic rings. The SMILES string of the molecule is COc1ccc(C(C)(CO)Cc2cccnc2)cc1OC. The summed E-state index contributed by atoms with van der Waals surface area (Å²) in [6.07, 6.45) is 4.28. The summed E-state index contributed by atoms with van der Waals surface area (Å²) in [6, 6.07) is 9.67. The highest BCUT2D eigenvalue weighted by molar-refractivity contribution is 5.45. The zero-order valence-corrected chi connectivity index (χ0v) is 12.7. The van der Waals surface area contributed by atoms with Crippen molar-refractivity contribution in [2.75, 3.05) is 20.8 Å². The monoisotopic (exact) mass is 287 g/mol. The highest BCUT2D eigenvalue weighted by Crippen LogP contribution is 2.34. The van der Waals surface area contributed by atoms with Gasteiger partial charge in [-0.05, 0) is 35.7 Å². The van der Waals surface area contributed by atoms with Crippen LogP contribution in [0, 0.1) is 0 Å². The molecule has 21 heavy (non-hydrogen) atoms. The van der Waals surface area contributed by atoms with Gasteiger partial charge in [-0.3, -0.25) is 4.98 Å². The second-order valence-electron chi connectivity index (χ2n) is 5.33. The molecule has 1 heterocycles. The molecule has 0 aliphatic carbocycles. The molecule has 1 unspecified atom stereocenters. The van der Waals surface area contributed by atoms with E-state index in [4.69, 9.17) is 9.47 Å². The zero-order valence-electron chi connectivity index (χ0n) is 12.7. The van der Waals surface area contributed by atoms with E-state index < -0.39 is 5.41 Å². The minimum Gasteiger partial charge on any atom is -0.493 e. The third kappa shape index (κ3) is 3.34. The Hall–Kier alpha value is -2.07. The molecule has 2 aromatic rings. The maximum atomic E-state index is 9.90. The fourth-order valence-electron chi connectivity index (χ4n) is 2.41. The molecule has 0 bridgehead atoms. The fraction of sp³-hybridized carbons (Fsp3) is 0.353. The van der Waals surface area contributed by atoms with E-state index in [-0.39, 0.29) is 6.61 Å². The molecule has 4 heteroatoms. The van der Waals surface area contributed by atoms with Crippen molar-refractivity contribution in [1.82, 2.24) is 4.98 Å². The normalized spacial score (nSPS) is 13.5. The largest absolute Gasteiger partial charge is 0.493 e. The lowest BCUT2D eigenvalue weighted by molar-refractivity contribution is 0.204. The molecule has 112 valence electrons. The predicted molar refractivity (Wildman–Crippen MR) is 81.9 cm³/mol. The van der Waals surface area contributed by atoms with Gasteiger partial charge in [0, 0.05) is 17.8 Å². The molecule has 0 radical (unpaired) electrons. The molecular formula is C17H21NO3. The minimum atomic E-state index is -0.400. The van der Waals surface area contributed by atoms with Crippen molar-refractivity contribution in [3.63, 3.8) is 0 Å². The minimum absolute atomic E-state index is 0.0391. The van der Waals surface area contributed by atoms with E-state index in [9.17, 15) is 5.11 Å².